The number of carbonyl (C=O) groups excluding carboxylic acids is 1. The Labute approximate surface area is 144 Å². The molecule has 0 saturated carbocycles. The van der Waals surface area contributed by atoms with Gasteiger partial charge in [0.1, 0.15) is 6.33 Å². The first-order valence-electron chi connectivity index (χ1n) is 8.13. The number of rotatable bonds is 4. The van der Waals surface area contributed by atoms with Crippen LogP contribution in [0.3, 0.4) is 0 Å². The Morgan fingerprint density at radius 3 is 2.64 bits per heavy atom. The number of hydrogen-bond acceptors (Lipinski definition) is 6. The molecule has 0 spiro atoms. The topological polar surface area (TPSA) is 95.8 Å². The molecule has 1 saturated heterocycles. The number of aromatic amines is 1. The molecule has 1 aliphatic heterocycles. The Bertz CT molecular complexity index is 821. The van der Waals surface area contributed by atoms with Crippen molar-refractivity contribution in [1.29, 1.82) is 0 Å². The van der Waals surface area contributed by atoms with Gasteiger partial charge in [-0.15, -0.1) is 5.10 Å². The van der Waals surface area contributed by atoms with Gasteiger partial charge in [-0.25, -0.2) is 9.67 Å². The lowest BCUT2D eigenvalue weighted by molar-refractivity contribution is 0.0615. The summed E-state index contributed by atoms with van der Waals surface area (Å²) in [4.78, 5) is 20.2. The van der Waals surface area contributed by atoms with E-state index >= 15 is 0 Å². The fourth-order valence-corrected chi connectivity index (χ4v) is 2.87. The van der Waals surface area contributed by atoms with E-state index in [-0.39, 0.29) is 5.91 Å². The average Bonchev–Trinajstić information content (AvgIpc) is 3.35. The molecular weight excluding hydrogens is 320 g/mol. The molecule has 9 nitrogen and oxygen atoms in total. The average molecular weight is 338 g/mol. The smallest absolute Gasteiger partial charge is 0.291 e. The molecule has 1 amide bonds. The Hall–Kier alpha value is -3.07. The summed E-state index contributed by atoms with van der Waals surface area (Å²) < 4.78 is 1.78. The molecule has 3 aromatic rings. The van der Waals surface area contributed by atoms with E-state index in [1.807, 2.05) is 36.5 Å². The van der Waals surface area contributed by atoms with Crippen molar-refractivity contribution in [3.8, 4) is 5.69 Å². The third kappa shape index (κ3) is 3.41. The molecule has 0 radical (unpaired) electrons. The number of amides is 1. The van der Waals surface area contributed by atoms with Crippen molar-refractivity contribution < 1.29 is 4.79 Å². The van der Waals surface area contributed by atoms with Gasteiger partial charge in [0.15, 0.2) is 0 Å². The molecule has 25 heavy (non-hydrogen) atoms. The van der Waals surface area contributed by atoms with E-state index in [0.29, 0.717) is 18.9 Å². The fraction of sp³-hybridized carbons (Fsp3) is 0.312. The van der Waals surface area contributed by atoms with Crippen LogP contribution in [0.15, 0.2) is 42.9 Å². The number of benzene rings is 1. The van der Waals surface area contributed by atoms with Crippen LogP contribution in [0, 0.1) is 0 Å². The Morgan fingerprint density at radius 2 is 1.92 bits per heavy atom. The quantitative estimate of drug-likeness (QED) is 0.737. The van der Waals surface area contributed by atoms with Crippen molar-refractivity contribution in [2.24, 2.45) is 0 Å². The zero-order valence-electron chi connectivity index (χ0n) is 13.6. The zero-order valence-corrected chi connectivity index (χ0v) is 13.6. The summed E-state index contributed by atoms with van der Waals surface area (Å²) in [6.45, 7) is 3.62. The van der Waals surface area contributed by atoms with Crippen LogP contribution >= 0.6 is 0 Å². The van der Waals surface area contributed by atoms with E-state index < -0.39 is 0 Å². The fourth-order valence-electron chi connectivity index (χ4n) is 2.87. The van der Waals surface area contributed by atoms with Gasteiger partial charge in [0, 0.05) is 32.7 Å². The monoisotopic (exact) mass is 338 g/mol. The minimum absolute atomic E-state index is 0.104. The van der Waals surface area contributed by atoms with Gasteiger partial charge >= 0.3 is 0 Å². The predicted octanol–water partition coefficient (Wildman–Crippen LogP) is 0.343. The molecule has 3 heterocycles. The summed E-state index contributed by atoms with van der Waals surface area (Å²) in [6, 6.07) is 9.91. The standard InChI is InChI=1S/C16H18N8O/c25-16(15-17-12-18-20-15)23-8-6-22(7-9-23)10-13-11-24(21-19-13)14-4-2-1-3-5-14/h1-5,11-12H,6-10H2,(H,17,18,20). The molecule has 1 aromatic carbocycles. The van der Waals surface area contributed by atoms with Crippen LogP contribution < -0.4 is 0 Å². The lowest BCUT2D eigenvalue weighted by Crippen LogP contribution is -2.48. The molecule has 1 aliphatic rings. The molecule has 9 heteroatoms. The van der Waals surface area contributed by atoms with Crippen LogP contribution in [-0.4, -0.2) is 72.1 Å². The predicted molar refractivity (Wildman–Crippen MR) is 88.9 cm³/mol. The van der Waals surface area contributed by atoms with Crippen LogP contribution in [0.5, 0.6) is 0 Å². The maximum atomic E-state index is 12.2. The molecule has 1 N–H and O–H groups in total. The third-order valence-electron chi connectivity index (χ3n) is 4.22. The highest BCUT2D eigenvalue weighted by atomic mass is 16.2. The SMILES string of the molecule is O=C(c1ncn[nH]1)N1CCN(Cc2cn(-c3ccccc3)nn2)CC1. The Balaban J connectivity index is 1.33. The summed E-state index contributed by atoms with van der Waals surface area (Å²) in [5.41, 5.74) is 1.91. The second kappa shape index (κ2) is 6.81. The van der Waals surface area contributed by atoms with Gasteiger partial charge in [0.2, 0.25) is 5.82 Å². The van der Waals surface area contributed by atoms with Crippen LogP contribution in [0.1, 0.15) is 16.3 Å². The third-order valence-corrected chi connectivity index (χ3v) is 4.22. The Morgan fingerprint density at radius 1 is 1.12 bits per heavy atom. The molecule has 0 aliphatic carbocycles. The number of H-pyrrole nitrogens is 1. The molecule has 0 unspecified atom stereocenters. The highest BCUT2D eigenvalue weighted by Gasteiger charge is 2.24. The summed E-state index contributed by atoms with van der Waals surface area (Å²) in [6.07, 6.45) is 3.29. The number of piperazine rings is 1. The number of carbonyl (C=O) groups is 1. The van der Waals surface area contributed by atoms with Gasteiger partial charge in [-0.2, -0.15) is 5.10 Å². The first kappa shape index (κ1) is 15.5. The molecule has 128 valence electrons. The van der Waals surface area contributed by atoms with Crippen LogP contribution in [0.25, 0.3) is 5.69 Å². The van der Waals surface area contributed by atoms with E-state index in [4.69, 9.17) is 0 Å². The van der Waals surface area contributed by atoms with Crippen LogP contribution in [0.4, 0.5) is 0 Å². The molecule has 2 aromatic heterocycles. The second-order valence-electron chi connectivity index (χ2n) is 5.89. The van der Waals surface area contributed by atoms with E-state index in [1.165, 1.54) is 6.33 Å². The Kier molecular flexibility index (Phi) is 4.21. The lowest BCUT2D eigenvalue weighted by atomic mass is 10.3. The van der Waals surface area contributed by atoms with Crippen molar-refractivity contribution >= 4 is 5.91 Å². The van der Waals surface area contributed by atoms with Gasteiger partial charge in [-0.1, -0.05) is 23.4 Å². The minimum Gasteiger partial charge on any atom is -0.333 e. The number of aromatic nitrogens is 6. The van der Waals surface area contributed by atoms with Crippen molar-refractivity contribution in [2.75, 3.05) is 26.2 Å². The molecule has 1 fully saturated rings. The van der Waals surface area contributed by atoms with E-state index in [0.717, 1.165) is 31.0 Å². The van der Waals surface area contributed by atoms with Gasteiger partial charge in [-0.05, 0) is 12.1 Å². The summed E-state index contributed by atoms with van der Waals surface area (Å²) in [5.74, 6) is 0.187. The lowest BCUT2D eigenvalue weighted by Gasteiger charge is -2.33. The van der Waals surface area contributed by atoms with Gasteiger partial charge < -0.3 is 4.90 Å². The number of nitrogens with zero attached hydrogens (tertiary/aromatic N) is 7. The highest BCUT2D eigenvalue weighted by Crippen LogP contribution is 2.10. The minimum atomic E-state index is -0.104. The van der Waals surface area contributed by atoms with Crippen molar-refractivity contribution in [1.82, 2.24) is 40.0 Å². The maximum Gasteiger partial charge on any atom is 0.291 e. The molecule has 0 atom stereocenters. The molecule has 0 bridgehead atoms. The number of para-hydroxylation sites is 1. The second-order valence-corrected chi connectivity index (χ2v) is 5.89. The van der Waals surface area contributed by atoms with Gasteiger partial charge in [0.25, 0.3) is 5.91 Å². The number of nitrogens with one attached hydrogen (secondary N) is 1. The van der Waals surface area contributed by atoms with Crippen molar-refractivity contribution in [3.63, 3.8) is 0 Å². The maximum absolute atomic E-state index is 12.2. The van der Waals surface area contributed by atoms with Crippen molar-refractivity contribution in [3.05, 3.63) is 54.4 Å². The normalized spacial score (nSPS) is 15.4. The number of hydrogen-bond donors (Lipinski definition) is 1. The van der Waals surface area contributed by atoms with E-state index in [2.05, 4.69) is 30.4 Å². The summed E-state index contributed by atoms with van der Waals surface area (Å²) in [5, 5.41) is 14.8. The zero-order chi connectivity index (χ0) is 17.1. The largest absolute Gasteiger partial charge is 0.333 e. The summed E-state index contributed by atoms with van der Waals surface area (Å²) in [7, 11) is 0. The van der Waals surface area contributed by atoms with E-state index in [9.17, 15) is 4.79 Å². The first-order chi connectivity index (χ1) is 12.3. The van der Waals surface area contributed by atoms with Gasteiger partial charge in [0.05, 0.1) is 17.6 Å². The van der Waals surface area contributed by atoms with Gasteiger partial charge in [-0.3, -0.25) is 14.8 Å². The molecular formula is C16H18N8O. The van der Waals surface area contributed by atoms with E-state index in [1.54, 1.807) is 9.58 Å². The first-order valence-corrected chi connectivity index (χ1v) is 8.13. The molecule has 4 rings (SSSR count). The van der Waals surface area contributed by atoms with Crippen LogP contribution in [0.2, 0.25) is 0 Å². The van der Waals surface area contributed by atoms with Crippen LogP contribution in [-0.2, 0) is 6.54 Å². The highest BCUT2D eigenvalue weighted by molar-refractivity contribution is 5.90. The summed E-state index contributed by atoms with van der Waals surface area (Å²) >= 11 is 0. The van der Waals surface area contributed by atoms with Crippen molar-refractivity contribution in [2.45, 2.75) is 6.54 Å².